The van der Waals surface area contributed by atoms with Gasteiger partial charge < -0.3 is 14.8 Å². The number of carbonyl (C=O) groups excluding carboxylic acids is 1. The molecule has 0 aromatic heterocycles. The zero-order valence-electron chi connectivity index (χ0n) is 17.9. The fourth-order valence-electron chi connectivity index (χ4n) is 3.35. The summed E-state index contributed by atoms with van der Waals surface area (Å²) in [6.07, 6.45) is 2.03. The molecule has 1 heterocycles. The van der Waals surface area contributed by atoms with E-state index in [0.29, 0.717) is 51.4 Å². The van der Waals surface area contributed by atoms with Crippen molar-refractivity contribution >= 4 is 15.9 Å². The van der Waals surface area contributed by atoms with E-state index in [9.17, 15) is 13.2 Å². The van der Waals surface area contributed by atoms with E-state index >= 15 is 0 Å². The highest BCUT2D eigenvalue weighted by molar-refractivity contribution is 7.89. The van der Waals surface area contributed by atoms with Crippen molar-refractivity contribution in [2.75, 3.05) is 32.8 Å². The number of nitrogens with one attached hydrogen (secondary N) is 1. The molecule has 2 rings (SSSR count). The number of aryl methyl sites for hydroxylation is 1. The molecular formula is C21H34N2O5S. The van der Waals surface area contributed by atoms with Crippen LogP contribution in [0, 0.1) is 12.8 Å². The summed E-state index contributed by atoms with van der Waals surface area (Å²) in [5.74, 6) is 0.554. The number of hydrogen-bond acceptors (Lipinski definition) is 5. The van der Waals surface area contributed by atoms with Crippen LogP contribution in [0.4, 0.5) is 0 Å². The van der Waals surface area contributed by atoms with E-state index in [1.54, 1.807) is 18.2 Å². The highest BCUT2D eigenvalue weighted by Crippen LogP contribution is 2.27. The van der Waals surface area contributed by atoms with Gasteiger partial charge >= 0.3 is 0 Å². The van der Waals surface area contributed by atoms with Crippen LogP contribution in [-0.4, -0.2) is 57.6 Å². The molecule has 1 fully saturated rings. The maximum atomic E-state index is 13.0. The van der Waals surface area contributed by atoms with Gasteiger partial charge in [0.05, 0.1) is 17.6 Å². The zero-order valence-corrected chi connectivity index (χ0v) is 18.8. The molecule has 0 unspecified atom stereocenters. The van der Waals surface area contributed by atoms with Gasteiger partial charge in [-0.25, -0.2) is 8.42 Å². The van der Waals surface area contributed by atoms with E-state index < -0.39 is 10.0 Å². The van der Waals surface area contributed by atoms with Crippen molar-refractivity contribution in [3.05, 3.63) is 23.8 Å². The fourth-order valence-corrected chi connectivity index (χ4v) is 4.91. The van der Waals surface area contributed by atoms with E-state index in [0.717, 1.165) is 12.0 Å². The van der Waals surface area contributed by atoms with E-state index in [1.165, 1.54) is 4.31 Å². The third kappa shape index (κ3) is 6.69. The van der Waals surface area contributed by atoms with Crippen molar-refractivity contribution < 1.29 is 22.7 Å². The van der Waals surface area contributed by atoms with Gasteiger partial charge in [0.2, 0.25) is 15.9 Å². The highest BCUT2D eigenvalue weighted by Gasteiger charge is 2.32. The Labute approximate surface area is 174 Å². The number of amides is 1. The molecule has 0 aliphatic carbocycles. The topological polar surface area (TPSA) is 84.9 Å². The average molecular weight is 427 g/mol. The van der Waals surface area contributed by atoms with Gasteiger partial charge in [-0.05, 0) is 70.7 Å². The lowest BCUT2D eigenvalue weighted by atomic mass is 9.97. The van der Waals surface area contributed by atoms with Crippen LogP contribution in [0.3, 0.4) is 0 Å². The molecule has 1 saturated heterocycles. The van der Waals surface area contributed by atoms with Gasteiger partial charge in [-0.1, -0.05) is 0 Å². The molecule has 1 aliphatic heterocycles. The summed E-state index contributed by atoms with van der Waals surface area (Å²) < 4.78 is 38.3. The number of sulfonamides is 1. The Kier molecular flexibility index (Phi) is 8.92. The maximum absolute atomic E-state index is 13.0. The lowest BCUT2D eigenvalue weighted by Crippen LogP contribution is -2.43. The Morgan fingerprint density at radius 1 is 1.28 bits per heavy atom. The largest absolute Gasteiger partial charge is 0.494 e. The Morgan fingerprint density at radius 3 is 2.55 bits per heavy atom. The van der Waals surface area contributed by atoms with Gasteiger partial charge in [-0.2, -0.15) is 4.31 Å². The molecule has 1 amide bonds. The first-order valence-corrected chi connectivity index (χ1v) is 11.8. The molecule has 29 heavy (non-hydrogen) atoms. The minimum Gasteiger partial charge on any atom is -0.494 e. The lowest BCUT2D eigenvalue weighted by molar-refractivity contribution is -0.126. The highest BCUT2D eigenvalue weighted by atomic mass is 32.2. The van der Waals surface area contributed by atoms with E-state index in [-0.39, 0.29) is 22.8 Å². The van der Waals surface area contributed by atoms with Crippen LogP contribution in [0.1, 0.15) is 45.6 Å². The minimum absolute atomic E-state index is 0.00325. The third-order valence-corrected chi connectivity index (χ3v) is 6.87. The van der Waals surface area contributed by atoms with Crippen LogP contribution >= 0.6 is 0 Å². The molecule has 1 aromatic carbocycles. The molecule has 0 spiro atoms. The Morgan fingerprint density at radius 2 is 1.97 bits per heavy atom. The van der Waals surface area contributed by atoms with Crippen LogP contribution in [0.15, 0.2) is 23.1 Å². The normalized spacial score (nSPS) is 16.2. The Bertz CT molecular complexity index is 771. The number of ether oxygens (including phenoxy) is 2. The summed E-state index contributed by atoms with van der Waals surface area (Å²) in [4.78, 5) is 12.6. The third-order valence-electron chi connectivity index (χ3n) is 4.98. The van der Waals surface area contributed by atoms with Gasteiger partial charge in [0.25, 0.3) is 0 Å². The first kappa shape index (κ1) is 23.6. The first-order valence-electron chi connectivity index (χ1n) is 10.4. The summed E-state index contributed by atoms with van der Waals surface area (Å²) in [5.41, 5.74) is 0.795. The molecule has 164 valence electrons. The lowest BCUT2D eigenvalue weighted by Gasteiger charge is -2.30. The zero-order chi connectivity index (χ0) is 21.4. The number of carbonyl (C=O) groups is 1. The predicted octanol–water partition coefficient (Wildman–Crippen LogP) is 2.73. The van der Waals surface area contributed by atoms with Crippen LogP contribution in [-0.2, 0) is 19.6 Å². The van der Waals surface area contributed by atoms with Gasteiger partial charge in [0.15, 0.2) is 0 Å². The van der Waals surface area contributed by atoms with Crippen molar-refractivity contribution in [1.82, 2.24) is 9.62 Å². The van der Waals surface area contributed by atoms with Crippen molar-refractivity contribution in [2.45, 2.75) is 58.0 Å². The van der Waals surface area contributed by atoms with Crippen molar-refractivity contribution in [3.63, 3.8) is 0 Å². The molecule has 7 nitrogen and oxygen atoms in total. The van der Waals surface area contributed by atoms with Crippen LogP contribution in [0.5, 0.6) is 5.75 Å². The summed E-state index contributed by atoms with van der Waals surface area (Å²) in [7, 11) is -3.57. The Balaban J connectivity index is 1.86. The fraction of sp³-hybridized carbons (Fsp3) is 0.667. The molecule has 8 heteroatoms. The predicted molar refractivity (Wildman–Crippen MR) is 113 cm³/mol. The van der Waals surface area contributed by atoms with E-state index in [4.69, 9.17) is 9.47 Å². The molecule has 0 bridgehead atoms. The second kappa shape index (κ2) is 10.9. The summed E-state index contributed by atoms with van der Waals surface area (Å²) >= 11 is 0. The second-order valence-corrected chi connectivity index (χ2v) is 9.54. The SMILES string of the molecule is CCOc1ccc(S(=O)(=O)N2CCC(C(=O)NCCCOC(C)C)CC2)cc1C. The van der Waals surface area contributed by atoms with Crippen molar-refractivity contribution in [2.24, 2.45) is 5.92 Å². The quantitative estimate of drug-likeness (QED) is 0.582. The first-order chi connectivity index (χ1) is 13.8. The van der Waals surface area contributed by atoms with E-state index in [1.807, 2.05) is 27.7 Å². The van der Waals surface area contributed by atoms with Gasteiger partial charge in [-0.15, -0.1) is 0 Å². The maximum Gasteiger partial charge on any atom is 0.243 e. The monoisotopic (exact) mass is 426 g/mol. The van der Waals surface area contributed by atoms with Gasteiger partial charge in [-0.3, -0.25) is 4.79 Å². The second-order valence-electron chi connectivity index (χ2n) is 7.60. The average Bonchev–Trinajstić information content (AvgIpc) is 2.69. The molecule has 0 atom stereocenters. The van der Waals surface area contributed by atoms with Crippen molar-refractivity contribution in [3.8, 4) is 5.75 Å². The minimum atomic E-state index is -3.57. The molecule has 1 aromatic rings. The summed E-state index contributed by atoms with van der Waals surface area (Å²) in [6, 6.07) is 4.94. The number of piperidine rings is 1. The number of hydrogen-bond donors (Lipinski definition) is 1. The number of rotatable bonds is 10. The molecule has 1 aliphatic rings. The number of nitrogens with zero attached hydrogens (tertiary/aromatic N) is 1. The van der Waals surface area contributed by atoms with Gasteiger partial charge in [0, 0.05) is 32.2 Å². The van der Waals surface area contributed by atoms with Crippen molar-refractivity contribution in [1.29, 1.82) is 0 Å². The van der Waals surface area contributed by atoms with Gasteiger partial charge in [0.1, 0.15) is 5.75 Å². The molecule has 0 saturated carbocycles. The van der Waals surface area contributed by atoms with Crippen LogP contribution in [0.2, 0.25) is 0 Å². The van der Waals surface area contributed by atoms with Crippen LogP contribution in [0.25, 0.3) is 0 Å². The number of benzene rings is 1. The molecular weight excluding hydrogens is 392 g/mol. The van der Waals surface area contributed by atoms with E-state index in [2.05, 4.69) is 5.32 Å². The Hall–Kier alpha value is -1.64. The summed E-state index contributed by atoms with van der Waals surface area (Å²) in [5, 5.41) is 2.94. The smallest absolute Gasteiger partial charge is 0.243 e. The molecule has 0 radical (unpaired) electrons. The summed E-state index contributed by atoms with van der Waals surface area (Å²) in [6.45, 7) is 10.1. The van der Waals surface area contributed by atoms with Crippen LogP contribution < -0.4 is 10.1 Å². The molecule has 1 N–H and O–H groups in total. The standard InChI is InChI=1S/C21H34N2O5S/c1-5-27-20-8-7-19(15-17(20)4)29(25,26)23-12-9-18(10-13-23)21(24)22-11-6-14-28-16(2)3/h7-8,15-16,18H,5-6,9-14H2,1-4H3,(H,22,24).